The first-order chi connectivity index (χ1) is 13.1. The predicted octanol–water partition coefficient (Wildman–Crippen LogP) is 4.30. The summed E-state index contributed by atoms with van der Waals surface area (Å²) in [6, 6.07) is 9.63. The van der Waals surface area contributed by atoms with E-state index in [9.17, 15) is 4.79 Å². The van der Waals surface area contributed by atoms with Crippen molar-refractivity contribution in [3.63, 3.8) is 0 Å². The van der Waals surface area contributed by atoms with Crippen molar-refractivity contribution in [3.05, 3.63) is 63.4 Å². The highest BCUT2D eigenvalue weighted by molar-refractivity contribution is 7.12. The van der Waals surface area contributed by atoms with Gasteiger partial charge in [-0.1, -0.05) is 22.9 Å². The number of likely N-dealkylation sites (tertiary alicyclic amines) is 1. The van der Waals surface area contributed by atoms with E-state index in [2.05, 4.69) is 10.1 Å². The van der Waals surface area contributed by atoms with Gasteiger partial charge in [0.15, 0.2) is 12.4 Å². The molecule has 27 heavy (non-hydrogen) atoms. The van der Waals surface area contributed by atoms with E-state index in [4.69, 9.17) is 9.26 Å². The van der Waals surface area contributed by atoms with Crippen LogP contribution in [0.15, 0.2) is 40.2 Å². The fraction of sp³-hybridized carbons (Fsp3) is 0.350. The molecule has 2 aromatic heterocycles. The first-order valence-corrected chi connectivity index (χ1v) is 9.87. The van der Waals surface area contributed by atoms with Crippen LogP contribution in [-0.2, 0) is 6.61 Å². The molecule has 6 nitrogen and oxygen atoms in total. The lowest BCUT2D eigenvalue weighted by Crippen LogP contribution is -2.31. The highest BCUT2D eigenvalue weighted by Gasteiger charge is 2.34. The van der Waals surface area contributed by atoms with E-state index in [0.717, 1.165) is 29.0 Å². The van der Waals surface area contributed by atoms with Crippen molar-refractivity contribution in [1.29, 1.82) is 0 Å². The molecule has 1 aliphatic heterocycles. The van der Waals surface area contributed by atoms with E-state index < -0.39 is 0 Å². The van der Waals surface area contributed by atoms with Gasteiger partial charge in [-0.15, -0.1) is 11.3 Å². The topological polar surface area (TPSA) is 68.5 Å². The van der Waals surface area contributed by atoms with Gasteiger partial charge in [0.2, 0.25) is 0 Å². The van der Waals surface area contributed by atoms with Crippen molar-refractivity contribution >= 4 is 17.2 Å². The van der Waals surface area contributed by atoms with Gasteiger partial charge in [-0.05, 0) is 55.8 Å². The second kappa shape index (κ2) is 7.52. The van der Waals surface area contributed by atoms with Crippen LogP contribution in [0, 0.1) is 13.8 Å². The van der Waals surface area contributed by atoms with Crippen molar-refractivity contribution < 1.29 is 14.1 Å². The SMILES string of the molecule is Cc1ccc(OCc2nc(C3CCCN3C(=O)c3sccc3C)no2)cc1. The number of hydrogen-bond donors (Lipinski definition) is 0. The summed E-state index contributed by atoms with van der Waals surface area (Å²) in [6.45, 7) is 4.91. The van der Waals surface area contributed by atoms with E-state index in [-0.39, 0.29) is 18.6 Å². The van der Waals surface area contributed by atoms with E-state index in [1.165, 1.54) is 16.9 Å². The Morgan fingerprint density at radius 2 is 2.11 bits per heavy atom. The maximum atomic E-state index is 12.9. The summed E-state index contributed by atoms with van der Waals surface area (Å²) in [6.07, 6.45) is 1.78. The molecule has 0 radical (unpaired) electrons. The van der Waals surface area contributed by atoms with Crippen LogP contribution in [0.25, 0.3) is 0 Å². The highest BCUT2D eigenvalue weighted by atomic mass is 32.1. The minimum atomic E-state index is -0.143. The van der Waals surface area contributed by atoms with Crippen LogP contribution in [0.5, 0.6) is 5.75 Å². The third-order valence-electron chi connectivity index (χ3n) is 4.74. The van der Waals surface area contributed by atoms with Crippen molar-refractivity contribution in [1.82, 2.24) is 15.0 Å². The van der Waals surface area contributed by atoms with Crippen molar-refractivity contribution in [3.8, 4) is 5.75 Å². The van der Waals surface area contributed by atoms with Gasteiger partial charge in [-0.3, -0.25) is 4.79 Å². The number of hydrogen-bond acceptors (Lipinski definition) is 6. The summed E-state index contributed by atoms with van der Waals surface area (Å²) in [4.78, 5) is 20.0. The molecule has 1 unspecified atom stereocenters. The van der Waals surface area contributed by atoms with Crippen LogP contribution >= 0.6 is 11.3 Å². The first-order valence-electron chi connectivity index (χ1n) is 8.99. The molecule has 3 aromatic rings. The molecule has 0 aliphatic carbocycles. The van der Waals surface area contributed by atoms with Crippen LogP contribution in [0.4, 0.5) is 0 Å². The number of carbonyl (C=O) groups excluding carboxylic acids is 1. The van der Waals surface area contributed by atoms with Crippen molar-refractivity contribution in [2.45, 2.75) is 39.3 Å². The molecule has 0 bridgehead atoms. The monoisotopic (exact) mass is 383 g/mol. The summed E-state index contributed by atoms with van der Waals surface area (Å²) in [5.41, 5.74) is 2.19. The molecule has 0 saturated carbocycles. The van der Waals surface area contributed by atoms with Crippen molar-refractivity contribution in [2.75, 3.05) is 6.54 Å². The second-order valence-corrected chi connectivity index (χ2v) is 7.65. The molecule has 1 aromatic carbocycles. The number of thiophene rings is 1. The Bertz CT molecular complexity index is 932. The van der Waals surface area contributed by atoms with Crippen LogP contribution in [0.2, 0.25) is 0 Å². The molecular weight excluding hydrogens is 362 g/mol. The Hall–Kier alpha value is -2.67. The summed E-state index contributed by atoms with van der Waals surface area (Å²) < 4.78 is 11.0. The molecule has 1 fully saturated rings. The van der Waals surface area contributed by atoms with Crippen LogP contribution in [0.3, 0.4) is 0 Å². The second-order valence-electron chi connectivity index (χ2n) is 6.74. The van der Waals surface area contributed by atoms with Gasteiger partial charge < -0.3 is 14.2 Å². The molecular formula is C20H21N3O3S. The maximum absolute atomic E-state index is 12.9. The zero-order valence-electron chi connectivity index (χ0n) is 15.3. The average molecular weight is 383 g/mol. The largest absolute Gasteiger partial charge is 0.484 e. The fourth-order valence-corrected chi connectivity index (χ4v) is 4.12. The van der Waals surface area contributed by atoms with Gasteiger partial charge in [0, 0.05) is 6.54 Å². The normalized spacial score (nSPS) is 16.7. The van der Waals surface area contributed by atoms with E-state index >= 15 is 0 Å². The van der Waals surface area contributed by atoms with Crippen LogP contribution in [0.1, 0.15) is 51.4 Å². The summed E-state index contributed by atoms with van der Waals surface area (Å²) in [5, 5.41) is 6.05. The van der Waals surface area contributed by atoms with Gasteiger partial charge in [0.05, 0.1) is 10.9 Å². The number of benzene rings is 1. The minimum Gasteiger partial charge on any atom is -0.484 e. The lowest BCUT2D eigenvalue weighted by Gasteiger charge is -2.21. The Labute approximate surface area is 161 Å². The smallest absolute Gasteiger partial charge is 0.264 e. The van der Waals surface area contributed by atoms with Crippen LogP contribution < -0.4 is 4.74 Å². The van der Waals surface area contributed by atoms with Gasteiger partial charge in [0.25, 0.3) is 11.8 Å². The Balaban J connectivity index is 1.44. The van der Waals surface area contributed by atoms with Crippen molar-refractivity contribution in [2.24, 2.45) is 0 Å². The minimum absolute atomic E-state index is 0.0484. The zero-order valence-corrected chi connectivity index (χ0v) is 16.2. The number of amides is 1. The molecule has 4 rings (SSSR count). The molecule has 0 spiro atoms. The standard InChI is InChI=1S/C20H21N3O3S/c1-13-5-7-15(8-6-13)25-12-17-21-19(22-26-17)16-4-3-10-23(16)20(24)18-14(2)9-11-27-18/h5-9,11,16H,3-4,10,12H2,1-2H3. The molecule has 3 heterocycles. The van der Waals surface area contributed by atoms with E-state index in [0.29, 0.717) is 18.3 Å². The third-order valence-corrected chi connectivity index (χ3v) is 5.74. The van der Waals surface area contributed by atoms with Gasteiger partial charge in [-0.25, -0.2) is 0 Å². The van der Waals surface area contributed by atoms with Crippen LogP contribution in [-0.4, -0.2) is 27.5 Å². The number of ether oxygens (including phenoxy) is 1. The molecule has 1 atom stereocenters. The van der Waals surface area contributed by atoms with E-state index in [1.54, 1.807) is 0 Å². The number of aryl methyl sites for hydroxylation is 2. The fourth-order valence-electron chi connectivity index (χ4n) is 3.24. The van der Waals surface area contributed by atoms with Gasteiger partial charge >= 0.3 is 0 Å². The molecule has 140 valence electrons. The van der Waals surface area contributed by atoms with Gasteiger partial charge in [-0.2, -0.15) is 4.98 Å². The predicted molar refractivity (Wildman–Crippen MR) is 102 cm³/mol. The lowest BCUT2D eigenvalue weighted by atomic mass is 10.2. The number of carbonyl (C=O) groups is 1. The molecule has 0 N–H and O–H groups in total. The highest BCUT2D eigenvalue weighted by Crippen LogP contribution is 2.33. The number of rotatable bonds is 5. The summed E-state index contributed by atoms with van der Waals surface area (Å²) >= 11 is 1.48. The summed E-state index contributed by atoms with van der Waals surface area (Å²) in [7, 11) is 0. The summed E-state index contributed by atoms with van der Waals surface area (Å²) in [5.74, 6) is 1.77. The molecule has 1 amide bonds. The number of aromatic nitrogens is 2. The molecule has 1 saturated heterocycles. The molecule has 1 aliphatic rings. The average Bonchev–Trinajstić information content (AvgIpc) is 3.41. The Morgan fingerprint density at radius 1 is 1.30 bits per heavy atom. The van der Waals surface area contributed by atoms with Gasteiger partial charge in [0.1, 0.15) is 5.75 Å². The third kappa shape index (κ3) is 3.73. The Kier molecular flexibility index (Phi) is 4.94. The molecule has 7 heteroatoms. The maximum Gasteiger partial charge on any atom is 0.264 e. The quantitative estimate of drug-likeness (QED) is 0.657. The lowest BCUT2D eigenvalue weighted by molar-refractivity contribution is 0.0732. The zero-order chi connectivity index (χ0) is 18.8. The number of nitrogens with zero attached hydrogens (tertiary/aromatic N) is 3. The Morgan fingerprint density at radius 3 is 2.85 bits per heavy atom. The first kappa shape index (κ1) is 17.7. The van der Waals surface area contributed by atoms with E-state index in [1.807, 2.05) is 54.5 Å².